The normalized spacial score (nSPS) is 35.9. The standard InChI is InChI=1S/C19H22N4.CH5N/c1-3-14-10-16-5-7-18(22-16)19-8-6-17(23-19)11-15-4-2-13(21-15)9-12(1)20-14;1-2/h9-11,18-19,22H,1-8H2;2H2,1H3/b12-9-,15-11-,16-10-;. The van der Waals surface area contributed by atoms with Crippen LogP contribution >= 0.6 is 0 Å². The molecule has 2 atom stereocenters. The predicted molar refractivity (Wildman–Crippen MR) is 104 cm³/mol. The van der Waals surface area contributed by atoms with Crippen LogP contribution in [0.4, 0.5) is 0 Å². The molecule has 132 valence electrons. The third kappa shape index (κ3) is 3.52. The molecule has 0 saturated carbocycles. The zero-order valence-corrected chi connectivity index (χ0v) is 15.0. The SMILES string of the molecule is C1=C2/CCC(=N2)/C=C2/CCC(N2)C2CCC(=N2)/C=C2/CCC/1=N2.CN. The van der Waals surface area contributed by atoms with Crippen LogP contribution in [0.3, 0.4) is 0 Å². The van der Waals surface area contributed by atoms with Crippen LogP contribution in [0.1, 0.15) is 51.4 Å². The van der Waals surface area contributed by atoms with E-state index in [4.69, 9.17) is 15.0 Å². The second-order valence-corrected chi connectivity index (χ2v) is 7.16. The molecule has 5 heterocycles. The van der Waals surface area contributed by atoms with Crippen LogP contribution in [-0.2, 0) is 0 Å². The number of nitrogens with one attached hydrogen (secondary N) is 1. The first-order valence-corrected chi connectivity index (χ1v) is 9.50. The van der Waals surface area contributed by atoms with Crippen LogP contribution < -0.4 is 11.1 Å². The van der Waals surface area contributed by atoms with Crippen LogP contribution in [0.25, 0.3) is 0 Å². The Balaban J connectivity index is 0.000000758. The van der Waals surface area contributed by atoms with E-state index in [1.807, 2.05) is 0 Å². The molecule has 0 aromatic rings. The molecule has 25 heavy (non-hydrogen) atoms. The minimum Gasteiger partial charge on any atom is -0.383 e. The topological polar surface area (TPSA) is 75.1 Å². The smallest absolute Gasteiger partial charge is 0.0707 e. The van der Waals surface area contributed by atoms with Gasteiger partial charge in [-0.2, -0.15) is 0 Å². The third-order valence-electron chi connectivity index (χ3n) is 5.44. The Morgan fingerprint density at radius 3 is 2.24 bits per heavy atom. The monoisotopic (exact) mass is 337 g/mol. The largest absolute Gasteiger partial charge is 0.383 e. The van der Waals surface area contributed by atoms with Gasteiger partial charge in [0.2, 0.25) is 0 Å². The van der Waals surface area contributed by atoms with Crippen molar-refractivity contribution in [1.82, 2.24) is 5.32 Å². The highest BCUT2D eigenvalue weighted by atomic mass is 15.0. The molecule has 0 aromatic heterocycles. The molecule has 0 aliphatic carbocycles. The summed E-state index contributed by atoms with van der Waals surface area (Å²) in [5.41, 5.74) is 11.9. The first-order chi connectivity index (χ1) is 12.3. The Morgan fingerprint density at radius 1 is 0.800 bits per heavy atom. The van der Waals surface area contributed by atoms with Gasteiger partial charge in [-0.25, -0.2) is 0 Å². The van der Waals surface area contributed by atoms with Crippen molar-refractivity contribution >= 4 is 17.1 Å². The average Bonchev–Trinajstić information content (AvgIpc) is 3.39. The highest BCUT2D eigenvalue weighted by Crippen LogP contribution is 2.29. The van der Waals surface area contributed by atoms with E-state index in [2.05, 4.69) is 29.3 Å². The van der Waals surface area contributed by atoms with Gasteiger partial charge in [0.05, 0.1) is 6.04 Å². The van der Waals surface area contributed by atoms with Crippen LogP contribution in [0.15, 0.2) is 50.3 Å². The summed E-state index contributed by atoms with van der Waals surface area (Å²) in [6.07, 6.45) is 15.5. The van der Waals surface area contributed by atoms with Gasteiger partial charge in [-0.1, -0.05) is 0 Å². The zero-order valence-electron chi connectivity index (χ0n) is 15.0. The van der Waals surface area contributed by atoms with E-state index in [9.17, 15) is 0 Å². The van der Waals surface area contributed by atoms with Gasteiger partial charge < -0.3 is 11.1 Å². The number of aliphatic imine (C=N–C) groups is 3. The molecule has 0 amide bonds. The molecule has 0 aromatic carbocycles. The summed E-state index contributed by atoms with van der Waals surface area (Å²) in [7, 11) is 1.50. The number of fused-ring (bicyclic) bond motifs is 6. The van der Waals surface area contributed by atoms with Crippen LogP contribution in [0.5, 0.6) is 0 Å². The quantitative estimate of drug-likeness (QED) is 0.713. The number of allylic oxidation sites excluding steroid dienone is 6. The summed E-state index contributed by atoms with van der Waals surface area (Å²) in [4.78, 5) is 14.6. The molecule has 3 N–H and O–H groups in total. The number of nitrogens with two attached hydrogens (primary N) is 1. The molecule has 1 saturated heterocycles. The molecule has 0 radical (unpaired) electrons. The maximum Gasteiger partial charge on any atom is 0.0707 e. The van der Waals surface area contributed by atoms with Gasteiger partial charge in [0, 0.05) is 40.3 Å². The highest BCUT2D eigenvalue weighted by Gasteiger charge is 2.30. The predicted octanol–water partition coefficient (Wildman–Crippen LogP) is 3.05. The lowest BCUT2D eigenvalue weighted by molar-refractivity contribution is 0.492. The van der Waals surface area contributed by atoms with Gasteiger partial charge in [-0.3, -0.25) is 15.0 Å². The maximum absolute atomic E-state index is 4.98. The van der Waals surface area contributed by atoms with E-state index in [0.717, 1.165) is 38.5 Å². The summed E-state index contributed by atoms with van der Waals surface area (Å²) in [6, 6.07) is 0.934. The molecule has 5 aliphatic heterocycles. The Bertz CT molecular complexity index is 735. The Morgan fingerprint density at radius 2 is 1.48 bits per heavy atom. The molecule has 2 unspecified atom stereocenters. The molecule has 5 nitrogen and oxygen atoms in total. The van der Waals surface area contributed by atoms with Gasteiger partial charge in [0.25, 0.3) is 0 Å². The van der Waals surface area contributed by atoms with E-state index in [1.165, 1.54) is 54.1 Å². The van der Waals surface area contributed by atoms with Crippen molar-refractivity contribution < 1.29 is 0 Å². The summed E-state index contributed by atoms with van der Waals surface area (Å²) >= 11 is 0. The average molecular weight is 337 g/mol. The van der Waals surface area contributed by atoms with Gasteiger partial charge in [-0.15, -0.1) is 0 Å². The molecule has 0 spiro atoms. The van der Waals surface area contributed by atoms with E-state index in [0.29, 0.717) is 12.1 Å². The number of hydrogen-bond acceptors (Lipinski definition) is 5. The van der Waals surface area contributed by atoms with Gasteiger partial charge in [-0.05, 0) is 76.6 Å². The fourth-order valence-electron chi connectivity index (χ4n) is 4.24. The molecular weight excluding hydrogens is 310 g/mol. The fraction of sp³-hybridized carbons (Fsp3) is 0.550. The number of nitrogens with zero attached hydrogens (tertiary/aromatic N) is 3. The van der Waals surface area contributed by atoms with E-state index in [-0.39, 0.29) is 0 Å². The van der Waals surface area contributed by atoms with Crippen molar-refractivity contribution in [3.8, 4) is 0 Å². The first kappa shape index (κ1) is 16.5. The fourth-order valence-corrected chi connectivity index (χ4v) is 4.24. The van der Waals surface area contributed by atoms with Crippen molar-refractivity contribution in [1.29, 1.82) is 0 Å². The molecule has 8 bridgehead atoms. The van der Waals surface area contributed by atoms with Crippen LogP contribution in [-0.4, -0.2) is 36.3 Å². The summed E-state index contributed by atoms with van der Waals surface area (Å²) in [5.74, 6) is 0. The minimum atomic E-state index is 0.432. The maximum atomic E-state index is 4.98. The molecule has 5 aliphatic rings. The van der Waals surface area contributed by atoms with Crippen LogP contribution in [0, 0.1) is 0 Å². The Kier molecular flexibility index (Phi) is 4.66. The summed E-state index contributed by atoms with van der Waals surface area (Å²) in [5, 5.41) is 3.71. The summed E-state index contributed by atoms with van der Waals surface area (Å²) in [6.45, 7) is 0. The van der Waals surface area contributed by atoms with E-state index in [1.54, 1.807) is 0 Å². The number of hydrogen-bond donors (Lipinski definition) is 2. The first-order valence-electron chi connectivity index (χ1n) is 9.50. The zero-order chi connectivity index (χ0) is 17.2. The van der Waals surface area contributed by atoms with Crippen LogP contribution in [0.2, 0.25) is 0 Å². The molecular formula is C20H27N5. The summed E-state index contributed by atoms with van der Waals surface area (Å²) < 4.78 is 0. The lowest BCUT2D eigenvalue weighted by Crippen LogP contribution is -2.31. The van der Waals surface area contributed by atoms with Crippen molar-refractivity contribution in [3.63, 3.8) is 0 Å². The van der Waals surface area contributed by atoms with Crippen molar-refractivity contribution in [2.45, 2.75) is 63.5 Å². The molecule has 5 heteroatoms. The van der Waals surface area contributed by atoms with Crippen molar-refractivity contribution in [2.24, 2.45) is 20.7 Å². The molecule has 1 fully saturated rings. The van der Waals surface area contributed by atoms with Crippen molar-refractivity contribution in [3.05, 3.63) is 35.3 Å². The van der Waals surface area contributed by atoms with Gasteiger partial charge in [0.15, 0.2) is 0 Å². The van der Waals surface area contributed by atoms with Gasteiger partial charge in [0.1, 0.15) is 0 Å². The second kappa shape index (κ2) is 7.08. The second-order valence-electron chi connectivity index (χ2n) is 7.16. The van der Waals surface area contributed by atoms with E-state index >= 15 is 0 Å². The lowest BCUT2D eigenvalue weighted by Gasteiger charge is -2.16. The van der Waals surface area contributed by atoms with E-state index < -0.39 is 0 Å². The van der Waals surface area contributed by atoms with Gasteiger partial charge >= 0.3 is 0 Å². The molecule has 5 rings (SSSR count). The Hall–Kier alpha value is -2.01. The van der Waals surface area contributed by atoms with Crippen molar-refractivity contribution in [2.75, 3.05) is 7.05 Å². The minimum absolute atomic E-state index is 0.432. The number of rotatable bonds is 0. The Labute approximate surface area is 149 Å². The highest BCUT2D eigenvalue weighted by molar-refractivity contribution is 6.03. The lowest BCUT2D eigenvalue weighted by atomic mass is 10.0. The third-order valence-corrected chi connectivity index (χ3v) is 5.44.